The zero-order valence-electron chi connectivity index (χ0n) is 14.2. The van der Waals surface area contributed by atoms with Crippen molar-refractivity contribution in [3.63, 3.8) is 0 Å². The predicted molar refractivity (Wildman–Crippen MR) is 96.2 cm³/mol. The molecule has 1 fully saturated rings. The first-order valence-electron chi connectivity index (χ1n) is 8.00. The molecule has 1 saturated heterocycles. The molecular weight excluding hydrogens is 356 g/mol. The van der Waals surface area contributed by atoms with Crippen LogP contribution in [0.1, 0.15) is 21.6 Å². The lowest BCUT2D eigenvalue weighted by Gasteiger charge is -2.08. The lowest BCUT2D eigenvalue weighted by molar-refractivity contribution is -0.120. The van der Waals surface area contributed by atoms with Crippen molar-refractivity contribution in [1.29, 1.82) is 0 Å². The number of urea groups is 1. The van der Waals surface area contributed by atoms with E-state index in [1.54, 1.807) is 34.5 Å². The molecule has 0 radical (unpaired) electrons. The molecule has 26 heavy (non-hydrogen) atoms. The molecule has 1 aliphatic rings. The van der Waals surface area contributed by atoms with Gasteiger partial charge in [0.1, 0.15) is 0 Å². The second-order valence-electron chi connectivity index (χ2n) is 5.65. The van der Waals surface area contributed by atoms with E-state index in [0.717, 1.165) is 5.56 Å². The second-order valence-corrected chi connectivity index (χ2v) is 6.48. The molecular formula is C17H18N4O4S. The van der Waals surface area contributed by atoms with E-state index in [2.05, 4.69) is 20.4 Å². The van der Waals surface area contributed by atoms with E-state index in [4.69, 9.17) is 0 Å². The number of aromatic nitrogens is 1. The largest absolute Gasteiger partial charge is 0.465 e. The van der Waals surface area contributed by atoms with Crippen LogP contribution >= 0.6 is 11.3 Å². The fourth-order valence-corrected chi connectivity index (χ4v) is 3.31. The highest BCUT2D eigenvalue weighted by Gasteiger charge is 2.24. The number of nitrogens with zero attached hydrogens (tertiary/aromatic N) is 2. The third kappa shape index (κ3) is 4.17. The van der Waals surface area contributed by atoms with Crippen molar-refractivity contribution in [1.82, 2.24) is 15.6 Å². The number of carbonyl (C=O) groups excluding carboxylic acids is 3. The number of anilines is 1. The van der Waals surface area contributed by atoms with Gasteiger partial charge in [0, 0.05) is 25.0 Å². The van der Waals surface area contributed by atoms with Gasteiger partial charge in [-0.2, -0.15) is 0 Å². The van der Waals surface area contributed by atoms with Crippen molar-refractivity contribution in [3.8, 4) is 0 Å². The average molecular weight is 374 g/mol. The van der Waals surface area contributed by atoms with Crippen molar-refractivity contribution in [3.05, 3.63) is 46.5 Å². The van der Waals surface area contributed by atoms with Crippen LogP contribution in [0.3, 0.4) is 0 Å². The lowest BCUT2D eigenvalue weighted by atomic mass is 10.1. The molecule has 0 aliphatic carbocycles. The summed E-state index contributed by atoms with van der Waals surface area (Å²) in [6.07, 6.45) is 0.145. The van der Waals surface area contributed by atoms with Crippen molar-refractivity contribution >= 4 is 34.4 Å². The molecule has 0 saturated carbocycles. The Labute approximate surface area is 154 Å². The summed E-state index contributed by atoms with van der Waals surface area (Å²) in [7, 11) is 1.33. The highest BCUT2D eigenvalue weighted by atomic mass is 32.1. The Kier molecular flexibility index (Phi) is 5.47. The quantitative estimate of drug-likeness (QED) is 0.743. The third-order valence-electron chi connectivity index (χ3n) is 3.83. The van der Waals surface area contributed by atoms with Crippen LogP contribution in [0.2, 0.25) is 0 Å². The number of methoxy groups -OCH3 is 1. The predicted octanol–water partition coefficient (Wildman–Crippen LogP) is 1.32. The smallest absolute Gasteiger partial charge is 0.337 e. The summed E-state index contributed by atoms with van der Waals surface area (Å²) in [5.74, 6) is -0.559. The van der Waals surface area contributed by atoms with Gasteiger partial charge in [-0.25, -0.2) is 14.6 Å². The first-order valence-corrected chi connectivity index (χ1v) is 8.88. The van der Waals surface area contributed by atoms with Gasteiger partial charge in [-0.15, -0.1) is 11.3 Å². The van der Waals surface area contributed by atoms with E-state index in [1.807, 2.05) is 0 Å². The number of benzene rings is 1. The van der Waals surface area contributed by atoms with Crippen LogP contribution in [0.15, 0.2) is 29.6 Å². The van der Waals surface area contributed by atoms with Gasteiger partial charge in [0.15, 0.2) is 5.13 Å². The number of hydrogen-bond acceptors (Lipinski definition) is 6. The summed E-state index contributed by atoms with van der Waals surface area (Å²) in [6.45, 7) is 1.54. The van der Waals surface area contributed by atoms with E-state index in [1.165, 1.54) is 18.4 Å². The summed E-state index contributed by atoms with van der Waals surface area (Å²) in [5, 5.41) is 7.91. The number of thiazole rings is 1. The Hall–Kier alpha value is -2.94. The molecule has 2 aromatic rings. The topological polar surface area (TPSA) is 101 Å². The Morgan fingerprint density at radius 3 is 2.77 bits per heavy atom. The van der Waals surface area contributed by atoms with Crippen molar-refractivity contribution < 1.29 is 19.1 Å². The Bertz CT molecular complexity index is 818. The fraction of sp³-hybridized carbons (Fsp3) is 0.294. The van der Waals surface area contributed by atoms with E-state index in [9.17, 15) is 14.4 Å². The van der Waals surface area contributed by atoms with E-state index in [-0.39, 0.29) is 18.4 Å². The van der Waals surface area contributed by atoms with Crippen LogP contribution < -0.4 is 15.5 Å². The minimum atomic E-state index is -0.397. The number of esters is 1. The number of rotatable bonds is 6. The SMILES string of the molecule is COC(=O)c1ccc(CNC(=O)Cc2csc(N3CCNC3=O)n2)cc1. The van der Waals surface area contributed by atoms with E-state index < -0.39 is 5.97 Å². The maximum Gasteiger partial charge on any atom is 0.337 e. The fourth-order valence-electron chi connectivity index (χ4n) is 2.46. The molecule has 3 rings (SSSR count). The van der Waals surface area contributed by atoms with E-state index >= 15 is 0 Å². The van der Waals surface area contributed by atoms with Gasteiger partial charge >= 0.3 is 12.0 Å². The number of carbonyl (C=O) groups is 3. The van der Waals surface area contributed by atoms with Crippen LogP contribution in [0, 0.1) is 0 Å². The summed E-state index contributed by atoms with van der Waals surface area (Å²) in [6, 6.07) is 6.67. The lowest BCUT2D eigenvalue weighted by Crippen LogP contribution is -2.27. The monoisotopic (exact) mass is 374 g/mol. The molecule has 8 nitrogen and oxygen atoms in total. The first kappa shape index (κ1) is 17.9. The summed E-state index contributed by atoms with van der Waals surface area (Å²) in [5.41, 5.74) is 1.96. The zero-order valence-corrected chi connectivity index (χ0v) is 15.0. The number of nitrogens with one attached hydrogen (secondary N) is 2. The van der Waals surface area contributed by atoms with Gasteiger partial charge in [0.2, 0.25) is 5.91 Å². The first-order chi connectivity index (χ1) is 12.6. The van der Waals surface area contributed by atoms with Crippen molar-refractivity contribution in [2.75, 3.05) is 25.1 Å². The Balaban J connectivity index is 1.50. The Morgan fingerprint density at radius 2 is 2.12 bits per heavy atom. The maximum absolute atomic E-state index is 12.1. The molecule has 2 N–H and O–H groups in total. The normalized spacial score (nSPS) is 13.4. The Morgan fingerprint density at radius 1 is 1.35 bits per heavy atom. The van der Waals surface area contributed by atoms with Gasteiger partial charge in [-0.1, -0.05) is 12.1 Å². The third-order valence-corrected chi connectivity index (χ3v) is 4.75. The maximum atomic E-state index is 12.1. The average Bonchev–Trinajstić information content (AvgIpc) is 3.28. The number of hydrogen-bond donors (Lipinski definition) is 2. The summed E-state index contributed by atoms with van der Waals surface area (Å²) < 4.78 is 4.64. The number of ether oxygens (including phenoxy) is 1. The number of amides is 3. The molecule has 2 heterocycles. The summed E-state index contributed by atoms with van der Waals surface area (Å²) >= 11 is 1.34. The second kappa shape index (κ2) is 7.96. The molecule has 3 amide bonds. The molecule has 9 heteroatoms. The van der Waals surface area contributed by atoms with Crippen molar-refractivity contribution in [2.45, 2.75) is 13.0 Å². The summed E-state index contributed by atoms with van der Waals surface area (Å²) in [4.78, 5) is 41.0. The molecule has 1 aliphatic heterocycles. The van der Waals surface area contributed by atoms with Crippen LogP contribution in [0.25, 0.3) is 0 Å². The standard InChI is InChI=1S/C17H18N4O4S/c1-25-15(23)12-4-2-11(3-5-12)9-19-14(22)8-13-10-26-17(20-13)21-7-6-18-16(21)24/h2-5,10H,6-9H2,1H3,(H,18,24)(H,19,22). The molecule has 1 aromatic carbocycles. The van der Waals surface area contributed by atoms with Gasteiger partial charge in [-0.05, 0) is 17.7 Å². The highest BCUT2D eigenvalue weighted by Crippen LogP contribution is 2.22. The van der Waals surface area contributed by atoms with Gasteiger partial charge in [-0.3, -0.25) is 9.69 Å². The molecule has 0 spiro atoms. The molecule has 0 bridgehead atoms. The molecule has 136 valence electrons. The molecule has 0 unspecified atom stereocenters. The molecule has 1 aromatic heterocycles. The van der Waals surface area contributed by atoms with Gasteiger partial charge < -0.3 is 15.4 Å². The van der Waals surface area contributed by atoms with Crippen molar-refractivity contribution in [2.24, 2.45) is 0 Å². The van der Waals surface area contributed by atoms with Gasteiger partial charge in [0.05, 0.1) is 24.8 Å². The van der Waals surface area contributed by atoms with Gasteiger partial charge in [0.25, 0.3) is 0 Å². The zero-order chi connectivity index (χ0) is 18.5. The molecule has 0 atom stereocenters. The van der Waals surface area contributed by atoms with Crippen LogP contribution in [0.5, 0.6) is 0 Å². The van der Waals surface area contributed by atoms with E-state index in [0.29, 0.717) is 36.0 Å². The minimum absolute atomic E-state index is 0.145. The van der Waals surface area contributed by atoms with Crippen LogP contribution in [-0.4, -0.2) is 43.1 Å². The van der Waals surface area contributed by atoms with Crippen LogP contribution in [-0.2, 0) is 22.5 Å². The highest BCUT2D eigenvalue weighted by molar-refractivity contribution is 7.14. The van der Waals surface area contributed by atoms with Crippen LogP contribution in [0.4, 0.5) is 9.93 Å². The minimum Gasteiger partial charge on any atom is -0.465 e.